The van der Waals surface area contributed by atoms with E-state index in [1.165, 1.54) is 18.4 Å². The minimum absolute atomic E-state index is 0.201. The fourth-order valence-corrected chi connectivity index (χ4v) is 6.42. The molecule has 1 aliphatic carbocycles. The maximum absolute atomic E-state index is 13.2. The van der Waals surface area contributed by atoms with Crippen molar-refractivity contribution < 1.29 is 27.9 Å². The van der Waals surface area contributed by atoms with Crippen LogP contribution >= 0.6 is 25.3 Å². The van der Waals surface area contributed by atoms with Gasteiger partial charge in [0.15, 0.2) is 0 Å². The molecular weight excluding hydrogens is 727 g/mol. The number of benzene rings is 2. The molecule has 12 heteroatoms. The quantitative estimate of drug-likeness (QED) is 0.120. The molecule has 2 unspecified atom stereocenters. The Bertz CT molecular complexity index is 1570. The third kappa shape index (κ3) is 19.9. The van der Waals surface area contributed by atoms with Crippen LogP contribution < -0.4 is 10.6 Å². The van der Waals surface area contributed by atoms with E-state index in [4.69, 9.17) is 4.74 Å². The van der Waals surface area contributed by atoms with E-state index in [0.717, 1.165) is 73.3 Å². The van der Waals surface area contributed by atoms with E-state index in [2.05, 4.69) is 85.0 Å². The van der Waals surface area contributed by atoms with Gasteiger partial charge in [-0.1, -0.05) is 74.6 Å². The fraction of sp³-hybridized carbons (Fsp3) is 0.512. The van der Waals surface area contributed by atoms with Crippen LogP contribution in [0.1, 0.15) is 73.9 Å². The second-order valence-electron chi connectivity index (χ2n) is 13.0. The van der Waals surface area contributed by atoms with Crippen molar-refractivity contribution in [3.63, 3.8) is 0 Å². The Morgan fingerprint density at radius 2 is 1.79 bits per heavy atom. The van der Waals surface area contributed by atoms with E-state index in [1.54, 1.807) is 13.2 Å². The number of thiol groups is 2. The number of aliphatic carboxylic acids is 1. The first kappa shape index (κ1) is 48.1. The van der Waals surface area contributed by atoms with Gasteiger partial charge in [-0.3, -0.25) is 9.69 Å². The number of hydrogen-bond donors (Lipinski definition) is 5. The Labute approximate surface area is 330 Å². The maximum atomic E-state index is 13.2. The summed E-state index contributed by atoms with van der Waals surface area (Å²) in [5.41, 5.74) is 5.30. The summed E-state index contributed by atoms with van der Waals surface area (Å²) in [6, 6.07) is 12.4. The molecule has 2 atom stereocenters. The Kier molecular flexibility index (Phi) is 25.1. The van der Waals surface area contributed by atoms with Crippen LogP contribution in [0.5, 0.6) is 0 Å². The summed E-state index contributed by atoms with van der Waals surface area (Å²) in [7, 11) is 0.307. The molecule has 0 spiro atoms. The number of ether oxygens (including phenoxy) is 1. The van der Waals surface area contributed by atoms with Crippen molar-refractivity contribution in [2.75, 3.05) is 57.4 Å². The number of likely N-dealkylation sites (tertiary alicyclic amines) is 1. The molecule has 0 saturated carbocycles. The Hall–Kier alpha value is -2.87. The highest BCUT2D eigenvalue weighted by Crippen LogP contribution is 2.30. The van der Waals surface area contributed by atoms with Gasteiger partial charge in [-0.2, -0.15) is 25.3 Å². The highest BCUT2D eigenvalue weighted by atomic mass is 32.2. The average molecular weight is 790 g/mol. The van der Waals surface area contributed by atoms with Crippen LogP contribution in [0.4, 0.5) is 0 Å². The summed E-state index contributed by atoms with van der Waals surface area (Å²) >= 11 is 8.08. The normalized spacial score (nSPS) is 15.7. The molecule has 1 aliphatic heterocycles. The topological polar surface area (TPSA) is 125 Å². The third-order valence-electron chi connectivity index (χ3n) is 8.37. The second kappa shape index (κ2) is 27.7. The second-order valence-corrected chi connectivity index (χ2v) is 16.0. The Morgan fingerprint density at radius 1 is 1.08 bits per heavy atom. The molecule has 1 heterocycles. The summed E-state index contributed by atoms with van der Waals surface area (Å²) in [6.07, 6.45) is 17.0. The van der Waals surface area contributed by atoms with Crippen LogP contribution in [-0.4, -0.2) is 99.8 Å². The minimum atomic E-state index is -3.36. The summed E-state index contributed by atoms with van der Waals surface area (Å²) in [5, 5.41) is 15.1. The van der Waals surface area contributed by atoms with Gasteiger partial charge in [0.1, 0.15) is 15.9 Å². The minimum Gasteiger partial charge on any atom is -0.480 e. The zero-order valence-electron chi connectivity index (χ0n) is 32.5. The van der Waals surface area contributed by atoms with E-state index < -0.39 is 27.8 Å². The monoisotopic (exact) mass is 789 g/mol. The zero-order chi connectivity index (χ0) is 39.6. The molecule has 1 amide bonds. The summed E-state index contributed by atoms with van der Waals surface area (Å²) < 4.78 is 28.4. The predicted molar refractivity (Wildman–Crippen MR) is 228 cm³/mol. The number of hydrogen-bond acceptors (Lipinski definition) is 9. The van der Waals surface area contributed by atoms with Crippen LogP contribution in [0.2, 0.25) is 0 Å². The molecule has 0 bridgehead atoms. The SMILES string of the molecule is CCCNC.CCCS.COCC1CCCN1Cc1ccc(C(=O)NC(CCS(C)(=O)=O)C(=O)O)c(-c2ccccc2C)c1.SCC1=CCC=CC=C1. The smallest absolute Gasteiger partial charge is 0.326 e. The van der Waals surface area contributed by atoms with Crippen molar-refractivity contribution in [1.29, 1.82) is 0 Å². The van der Waals surface area contributed by atoms with Gasteiger partial charge >= 0.3 is 5.97 Å². The van der Waals surface area contributed by atoms with Gasteiger partial charge < -0.3 is 20.5 Å². The molecule has 0 radical (unpaired) electrons. The van der Waals surface area contributed by atoms with Crippen molar-refractivity contribution in [2.24, 2.45) is 0 Å². The number of carbonyl (C=O) groups is 2. The first-order chi connectivity index (χ1) is 25.3. The molecular formula is C41H63N3O6S3. The lowest BCUT2D eigenvalue weighted by atomic mass is 9.93. The number of amides is 1. The predicted octanol–water partition coefficient (Wildman–Crippen LogP) is 7.19. The van der Waals surface area contributed by atoms with Gasteiger partial charge in [-0.05, 0) is 111 Å². The van der Waals surface area contributed by atoms with Crippen LogP contribution in [0.15, 0.2) is 78.4 Å². The lowest BCUT2D eigenvalue weighted by molar-refractivity contribution is -0.139. The standard InChI is InChI=1S/C26H34N2O6S.C8H10S.C4H11N.C3H8S/c1-18-7-4-5-9-21(18)23-15-19(16-28-13-6-8-20(28)17-34-2)10-11-22(23)25(29)27-24(26(30)31)12-14-35(3,32)33;9-7-8-5-3-1-2-4-6-8;1-3-4-5-2;1-2-3-4/h4-5,7,9-11,15,20,24H,6,8,12-14,16-17H2,1-3H3,(H,27,29)(H,30,31);1-3,5-6,9H,4,7H2;5H,3-4H2,1-2H3;4H,2-3H2,1H3. The number of carbonyl (C=O) groups excluding carboxylic acids is 1. The van der Waals surface area contributed by atoms with E-state index in [0.29, 0.717) is 23.8 Å². The molecule has 2 aromatic carbocycles. The van der Waals surface area contributed by atoms with Gasteiger partial charge in [0.25, 0.3) is 5.91 Å². The zero-order valence-corrected chi connectivity index (χ0v) is 35.1. The number of carboxylic acid groups (broad SMARTS) is 1. The van der Waals surface area contributed by atoms with Crippen LogP contribution in [-0.2, 0) is 25.9 Å². The number of aryl methyl sites for hydroxylation is 1. The number of carboxylic acids is 1. The largest absolute Gasteiger partial charge is 0.480 e. The Balaban J connectivity index is 0.000000637. The molecule has 296 valence electrons. The van der Waals surface area contributed by atoms with Crippen molar-refractivity contribution in [3.05, 3.63) is 95.1 Å². The third-order valence-corrected chi connectivity index (χ3v) is 10.2. The number of methoxy groups -OCH3 is 1. The molecule has 3 N–H and O–H groups in total. The van der Waals surface area contributed by atoms with E-state index in [1.807, 2.05) is 50.4 Å². The van der Waals surface area contributed by atoms with Crippen LogP contribution in [0.25, 0.3) is 11.1 Å². The van der Waals surface area contributed by atoms with Crippen molar-refractivity contribution >= 4 is 47.0 Å². The lowest BCUT2D eigenvalue weighted by Crippen LogP contribution is -2.42. The van der Waals surface area contributed by atoms with Crippen LogP contribution in [0.3, 0.4) is 0 Å². The summed E-state index contributed by atoms with van der Waals surface area (Å²) in [5.74, 6) is -0.284. The molecule has 4 rings (SSSR count). The number of nitrogens with zero attached hydrogens (tertiary/aromatic N) is 1. The van der Waals surface area contributed by atoms with Crippen molar-refractivity contribution in [1.82, 2.24) is 15.5 Å². The molecule has 53 heavy (non-hydrogen) atoms. The molecule has 1 saturated heterocycles. The van der Waals surface area contributed by atoms with E-state index in [-0.39, 0.29) is 12.2 Å². The molecule has 0 aromatic heterocycles. The summed E-state index contributed by atoms with van der Waals surface area (Å²) in [6.45, 7) is 9.74. The first-order valence-corrected chi connectivity index (χ1v) is 21.7. The lowest BCUT2D eigenvalue weighted by Gasteiger charge is -2.24. The van der Waals surface area contributed by atoms with Gasteiger partial charge in [-0.25, -0.2) is 13.2 Å². The van der Waals surface area contributed by atoms with Crippen molar-refractivity contribution in [2.45, 2.75) is 77.9 Å². The van der Waals surface area contributed by atoms with Gasteiger partial charge in [0, 0.05) is 37.3 Å². The first-order valence-electron chi connectivity index (χ1n) is 18.4. The average Bonchev–Trinajstić information content (AvgIpc) is 3.39. The van der Waals surface area contributed by atoms with Crippen LogP contribution in [0, 0.1) is 6.92 Å². The molecule has 9 nitrogen and oxygen atoms in total. The van der Waals surface area contributed by atoms with Gasteiger partial charge in [-0.15, -0.1) is 0 Å². The Morgan fingerprint density at radius 3 is 2.36 bits per heavy atom. The highest BCUT2D eigenvalue weighted by Gasteiger charge is 2.26. The molecule has 2 aromatic rings. The van der Waals surface area contributed by atoms with E-state index >= 15 is 0 Å². The molecule has 2 aliphatic rings. The van der Waals surface area contributed by atoms with Gasteiger partial charge in [0.2, 0.25) is 0 Å². The number of nitrogens with one attached hydrogen (secondary N) is 2. The number of rotatable bonds is 15. The molecule has 1 fully saturated rings. The number of sulfone groups is 1. The van der Waals surface area contributed by atoms with Gasteiger partial charge in [0.05, 0.1) is 12.4 Å². The number of allylic oxidation sites excluding steroid dienone is 5. The van der Waals surface area contributed by atoms with E-state index in [9.17, 15) is 23.1 Å². The summed E-state index contributed by atoms with van der Waals surface area (Å²) in [4.78, 5) is 27.3. The highest BCUT2D eigenvalue weighted by molar-refractivity contribution is 7.90. The van der Waals surface area contributed by atoms with Crippen molar-refractivity contribution in [3.8, 4) is 11.1 Å². The fourth-order valence-electron chi connectivity index (χ4n) is 5.52. The maximum Gasteiger partial charge on any atom is 0.326 e.